The first kappa shape index (κ1) is 17.0. The molecule has 0 spiro atoms. The van der Waals surface area contributed by atoms with E-state index in [2.05, 4.69) is 4.98 Å². The van der Waals surface area contributed by atoms with Crippen molar-refractivity contribution < 1.29 is 4.92 Å². The number of hydrogen-bond acceptors (Lipinski definition) is 3. The zero-order valence-electron chi connectivity index (χ0n) is 15.2. The number of imidazole rings is 1. The zero-order chi connectivity index (χ0) is 19.0. The first-order chi connectivity index (χ1) is 13.0. The van der Waals surface area contributed by atoms with Gasteiger partial charge in [0.05, 0.1) is 6.54 Å². The maximum Gasteiger partial charge on any atom is 0.390 e. The van der Waals surface area contributed by atoms with E-state index in [1.54, 1.807) is 0 Å². The SMILES string of the molecule is Cc1ccc(Cn2c(C)nc([N+](=O)[O-])c2-c2ccc3ccccc3c2)cc1. The van der Waals surface area contributed by atoms with Crippen molar-refractivity contribution in [3.05, 3.63) is 93.8 Å². The van der Waals surface area contributed by atoms with Crippen LogP contribution in [0.1, 0.15) is 17.0 Å². The van der Waals surface area contributed by atoms with Gasteiger partial charge < -0.3 is 10.1 Å². The van der Waals surface area contributed by atoms with E-state index in [0.717, 1.165) is 21.9 Å². The Balaban J connectivity index is 1.88. The van der Waals surface area contributed by atoms with Crippen LogP contribution in [0.3, 0.4) is 0 Å². The minimum Gasteiger partial charge on any atom is -0.358 e. The number of nitrogens with zero attached hydrogens (tertiary/aromatic N) is 3. The van der Waals surface area contributed by atoms with Crippen LogP contribution in [-0.2, 0) is 6.54 Å². The minimum atomic E-state index is -0.400. The van der Waals surface area contributed by atoms with Crippen LogP contribution in [-0.4, -0.2) is 14.5 Å². The molecule has 0 aliphatic carbocycles. The van der Waals surface area contributed by atoms with Gasteiger partial charge in [0.25, 0.3) is 0 Å². The third kappa shape index (κ3) is 3.19. The van der Waals surface area contributed by atoms with E-state index in [1.165, 1.54) is 5.56 Å². The molecule has 4 aromatic rings. The van der Waals surface area contributed by atoms with Crippen LogP contribution in [0.2, 0.25) is 0 Å². The molecular formula is C22H19N3O2. The molecule has 0 atom stereocenters. The highest BCUT2D eigenvalue weighted by Gasteiger charge is 2.26. The van der Waals surface area contributed by atoms with Gasteiger partial charge in [-0.15, -0.1) is 0 Å². The van der Waals surface area contributed by atoms with Crippen molar-refractivity contribution in [3.8, 4) is 11.3 Å². The van der Waals surface area contributed by atoms with Crippen molar-refractivity contribution in [2.45, 2.75) is 20.4 Å². The summed E-state index contributed by atoms with van der Waals surface area (Å²) in [6.45, 7) is 4.39. The highest BCUT2D eigenvalue weighted by molar-refractivity contribution is 5.88. The molecule has 1 aromatic heterocycles. The summed E-state index contributed by atoms with van der Waals surface area (Å²) < 4.78 is 1.92. The lowest BCUT2D eigenvalue weighted by Crippen LogP contribution is -2.04. The number of aryl methyl sites for hydroxylation is 2. The van der Waals surface area contributed by atoms with Gasteiger partial charge >= 0.3 is 5.82 Å². The molecule has 0 radical (unpaired) electrons. The Kier molecular flexibility index (Phi) is 4.20. The second-order valence-corrected chi connectivity index (χ2v) is 6.72. The largest absolute Gasteiger partial charge is 0.390 e. The topological polar surface area (TPSA) is 61.0 Å². The van der Waals surface area contributed by atoms with Crippen LogP contribution in [0.15, 0.2) is 66.7 Å². The fourth-order valence-electron chi connectivity index (χ4n) is 3.37. The molecule has 0 N–H and O–H groups in total. The number of nitro groups is 1. The molecule has 5 heteroatoms. The van der Waals surface area contributed by atoms with Gasteiger partial charge in [0.15, 0.2) is 5.69 Å². The second kappa shape index (κ2) is 6.68. The molecule has 3 aromatic carbocycles. The van der Waals surface area contributed by atoms with E-state index in [1.807, 2.05) is 85.1 Å². The van der Waals surface area contributed by atoms with E-state index in [-0.39, 0.29) is 5.82 Å². The van der Waals surface area contributed by atoms with Gasteiger partial charge in [-0.2, -0.15) is 0 Å². The van der Waals surface area contributed by atoms with Crippen LogP contribution in [0.5, 0.6) is 0 Å². The fourth-order valence-corrected chi connectivity index (χ4v) is 3.37. The molecule has 0 aliphatic heterocycles. The molecule has 0 bridgehead atoms. The predicted octanol–water partition coefficient (Wildman–Crippen LogP) is 5.28. The Morgan fingerprint density at radius 3 is 2.37 bits per heavy atom. The van der Waals surface area contributed by atoms with Gasteiger partial charge in [0, 0.05) is 12.5 Å². The third-order valence-electron chi connectivity index (χ3n) is 4.80. The predicted molar refractivity (Wildman–Crippen MR) is 107 cm³/mol. The van der Waals surface area contributed by atoms with Crippen molar-refractivity contribution in [2.75, 3.05) is 0 Å². The molecule has 134 valence electrons. The van der Waals surface area contributed by atoms with E-state index in [9.17, 15) is 10.1 Å². The number of rotatable bonds is 4. The highest BCUT2D eigenvalue weighted by atomic mass is 16.6. The van der Waals surface area contributed by atoms with Crippen LogP contribution in [0, 0.1) is 24.0 Å². The Morgan fingerprint density at radius 2 is 1.67 bits per heavy atom. The Morgan fingerprint density at radius 1 is 0.963 bits per heavy atom. The molecule has 0 saturated carbocycles. The standard InChI is InChI=1S/C22H19N3O2/c1-15-7-9-17(10-8-15)14-24-16(2)23-22(25(26)27)21(24)20-12-11-18-5-3-4-6-19(18)13-20/h3-13H,14H2,1-2H3. The second-order valence-electron chi connectivity index (χ2n) is 6.72. The zero-order valence-corrected chi connectivity index (χ0v) is 15.2. The number of aromatic nitrogens is 2. The van der Waals surface area contributed by atoms with E-state index >= 15 is 0 Å². The monoisotopic (exact) mass is 357 g/mol. The molecule has 0 fully saturated rings. The first-order valence-electron chi connectivity index (χ1n) is 8.79. The summed E-state index contributed by atoms with van der Waals surface area (Å²) in [6.07, 6.45) is 0. The Bertz CT molecular complexity index is 1140. The average molecular weight is 357 g/mol. The molecule has 27 heavy (non-hydrogen) atoms. The normalized spacial score (nSPS) is 11.0. The number of benzene rings is 3. The van der Waals surface area contributed by atoms with Gasteiger partial charge in [0.2, 0.25) is 5.82 Å². The summed E-state index contributed by atoms with van der Waals surface area (Å²) in [4.78, 5) is 15.5. The van der Waals surface area contributed by atoms with Crippen molar-refractivity contribution in [1.29, 1.82) is 0 Å². The third-order valence-corrected chi connectivity index (χ3v) is 4.80. The molecule has 0 aliphatic rings. The van der Waals surface area contributed by atoms with E-state index in [0.29, 0.717) is 18.1 Å². The fraction of sp³-hybridized carbons (Fsp3) is 0.136. The summed E-state index contributed by atoms with van der Waals surface area (Å²) in [5.74, 6) is 0.528. The maximum absolute atomic E-state index is 11.7. The summed E-state index contributed by atoms with van der Waals surface area (Å²) in [6, 6.07) is 22.1. The molecule has 0 unspecified atom stereocenters. The van der Waals surface area contributed by atoms with E-state index < -0.39 is 4.92 Å². The van der Waals surface area contributed by atoms with Gasteiger partial charge in [0.1, 0.15) is 0 Å². The van der Waals surface area contributed by atoms with Crippen molar-refractivity contribution in [1.82, 2.24) is 9.55 Å². The summed E-state index contributed by atoms with van der Waals surface area (Å²) in [7, 11) is 0. The van der Waals surface area contributed by atoms with Crippen LogP contribution >= 0.6 is 0 Å². The molecule has 0 saturated heterocycles. The summed E-state index contributed by atoms with van der Waals surface area (Å²) in [5.41, 5.74) is 3.61. The summed E-state index contributed by atoms with van der Waals surface area (Å²) >= 11 is 0. The maximum atomic E-state index is 11.7. The van der Waals surface area contributed by atoms with E-state index in [4.69, 9.17) is 0 Å². The highest BCUT2D eigenvalue weighted by Crippen LogP contribution is 2.33. The Labute approximate surface area is 157 Å². The molecule has 4 rings (SSSR count). The number of hydrogen-bond donors (Lipinski definition) is 0. The lowest BCUT2D eigenvalue weighted by molar-refractivity contribution is -0.388. The van der Waals surface area contributed by atoms with Gasteiger partial charge in [-0.3, -0.25) is 4.57 Å². The average Bonchev–Trinajstić information content (AvgIpc) is 3.00. The van der Waals surface area contributed by atoms with Gasteiger partial charge in [-0.05, 0) is 39.2 Å². The van der Waals surface area contributed by atoms with Gasteiger partial charge in [-0.1, -0.05) is 66.2 Å². The first-order valence-corrected chi connectivity index (χ1v) is 8.79. The minimum absolute atomic E-state index is 0.102. The molecule has 5 nitrogen and oxygen atoms in total. The lowest BCUT2D eigenvalue weighted by Gasteiger charge is -2.10. The lowest BCUT2D eigenvalue weighted by atomic mass is 10.0. The number of fused-ring (bicyclic) bond motifs is 1. The van der Waals surface area contributed by atoms with Gasteiger partial charge in [-0.25, -0.2) is 0 Å². The van der Waals surface area contributed by atoms with Crippen molar-refractivity contribution in [2.24, 2.45) is 0 Å². The quantitative estimate of drug-likeness (QED) is 0.369. The van der Waals surface area contributed by atoms with Crippen LogP contribution in [0.25, 0.3) is 22.0 Å². The van der Waals surface area contributed by atoms with Crippen molar-refractivity contribution in [3.63, 3.8) is 0 Å². The molecular weight excluding hydrogens is 338 g/mol. The Hall–Kier alpha value is -3.47. The summed E-state index contributed by atoms with van der Waals surface area (Å²) in [5, 5.41) is 13.8. The van der Waals surface area contributed by atoms with Crippen molar-refractivity contribution >= 4 is 16.6 Å². The van der Waals surface area contributed by atoms with Crippen LogP contribution in [0.4, 0.5) is 5.82 Å². The molecule has 0 amide bonds. The smallest absolute Gasteiger partial charge is 0.358 e. The van der Waals surface area contributed by atoms with Crippen LogP contribution < -0.4 is 0 Å². The molecule has 1 heterocycles.